The number of aryl methyl sites for hydroxylation is 2. The molecule has 0 bridgehead atoms. The van der Waals surface area contributed by atoms with Gasteiger partial charge in [-0.25, -0.2) is 51.9 Å². The van der Waals surface area contributed by atoms with Crippen molar-refractivity contribution in [3.05, 3.63) is 215 Å². The highest BCUT2D eigenvalue weighted by atomic mass is 19.1. The van der Waals surface area contributed by atoms with E-state index in [1.54, 1.807) is 109 Å². The summed E-state index contributed by atoms with van der Waals surface area (Å²) < 4.78 is 75.2. The molecule has 9 aromatic heterocycles. The molecule has 8 N–H and O–H groups in total. The number of piperidine rings is 3. The number of imidazole rings is 3. The number of carbonyl (C=O) groups is 3. The van der Waals surface area contributed by atoms with E-state index >= 15 is 0 Å². The average Bonchev–Trinajstić information content (AvgIpc) is 1.63. The minimum atomic E-state index is -1.20. The first-order valence-corrected chi connectivity index (χ1v) is 37.0. The Hall–Kier alpha value is -12.1. The van der Waals surface area contributed by atoms with E-state index < -0.39 is 24.6 Å². The van der Waals surface area contributed by atoms with Gasteiger partial charge in [-0.05, 0) is 174 Å². The van der Waals surface area contributed by atoms with Crippen LogP contribution in [-0.2, 0) is 19.6 Å². The van der Waals surface area contributed by atoms with Crippen LogP contribution in [0.5, 0.6) is 0 Å². The van der Waals surface area contributed by atoms with Crippen molar-refractivity contribution in [1.29, 1.82) is 0 Å². The molecule has 0 saturated carbocycles. The number of pyridine rings is 6. The second kappa shape index (κ2) is 29.7. The monoisotopic (exact) mass is 1510 g/mol. The lowest BCUT2D eigenvalue weighted by Gasteiger charge is -2.45. The quantitative estimate of drug-likeness (QED) is 0.0470. The summed E-state index contributed by atoms with van der Waals surface area (Å²) in [6, 6.07) is 28.8. The molecule has 29 heteroatoms. The van der Waals surface area contributed by atoms with Gasteiger partial charge in [-0.15, -0.1) is 0 Å². The van der Waals surface area contributed by atoms with Crippen LogP contribution >= 0.6 is 0 Å². The Morgan fingerprint density at radius 3 is 1.27 bits per heavy atom. The largest absolute Gasteiger partial charge is 0.388 e. The second-order valence-electron chi connectivity index (χ2n) is 29.7. The van der Waals surface area contributed by atoms with E-state index in [9.17, 15) is 46.5 Å². The highest BCUT2D eigenvalue weighted by Crippen LogP contribution is 2.41. The van der Waals surface area contributed by atoms with E-state index in [-0.39, 0.29) is 77.9 Å². The molecule has 3 aromatic carbocycles. The van der Waals surface area contributed by atoms with Crippen molar-refractivity contribution in [2.24, 2.45) is 5.92 Å². The van der Waals surface area contributed by atoms with E-state index in [1.807, 2.05) is 62.9 Å². The first kappa shape index (κ1) is 73.1. The molecule has 6 aliphatic rings. The van der Waals surface area contributed by atoms with Crippen molar-refractivity contribution in [2.75, 3.05) is 84.0 Å². The van der Waals surface area contributed by atoms with Gasteiger partial charge in [0.15, 0.2) is 22.9 Å². The maximum Gasteiger partial charge on any atom is 0.254 e. The predicted octanol–water partition coefficient (Wildman–Crippen LogP) is 12.6. The SMILES string of the molecule is CN(C)C(C)(C)C1CCCN(c2ccc(Nc3ccc(-c4cnc5cc(F)ccn45)c4c3C(=O)NC4)nc2)C1.Cc1ccn2c(-c3ccc(Nc4ccc(N5CC[C@@H](F)[C@H](O)C5)cn4)c4c3CNC4=O)cnc2c1F.Cc1ccn2c(-c3ccc(Nc4ccc(N5CC[C@H](F)[C@@H](O)C5)cn4)c4c3CNC4=O)cnc2c1F. The lowest BCUT2D eigenvalue weighted by Crippen LogP contribution is -2.51. The molecule has 6 aliphatic heterocycles. The number of amides is 3. The molecule has 111 heavy (non-hydrogen) atoms. The molecule has 3 saturated heterocycles. The van der Waals surface area contributed by atoms with Crippen molar-refractivity contribution in [3.8, 4) is 33.8 Å². The van der Waals surface area contributed by atoms with Gasteiger partial charge in [0, 0.05) is 106 Å². The van der Waals surface area contributed by atoms with Crippen LogP contribution in [0, 0.1) is 37.2 Å². The van der Waals surface area contributed by atoms with Crippen molar-refractivity contribution in [2.45, 2.75) is 103 Å². The van der Waals surface area contributed by atoms with E-state index in [1.165, 1.54) is 18.6 Å². The number of β-amino-alcohol motifs (C(OH)–C–C–N with tert-alkyl or cyclic N) is 2. The van der Waals surface area contributed by atoms with Crippen LogP contribution in [0.1, 0.15) is 98.4 Å². The Labute approximate surface area is 635 Å². The van der Waals surface area contributed by atoms with Crippen LogP contribution in [0.15, 0.2) is 153 Å². The summed E-state index contributed by atoms with van der Waals surface area (Å²) in [6.45, 7) is 12.6. The lowest BCUT2D eigenvalue weighted by molar-refractivity contribution is 0.0644. The summed E-state index contributed by atoms with van der Waals surface area (Å²) in [5.74, 6) is 0.729. The van der Waals surface area contributed by atoms with E-state index in [0.717, 1.165) is 75.6 Å². The maximum atomic E-state index is 14.6. The van der Waals surface area contributed by atoms with Crippen molar-refractivity contribution < 1.29 is 46.5 Å². The predicted molar refractivity (Wildman–Crippen MR) is 415 cm³/mol. The number of anilines is 9. The molecule has 18 rings (SSSR count). The molecular weight excluding hydrogens is 1430 g/mol. The van der Waals surface area contributed by atoms with Crippen LogP contribution in [0.4, 0.5) is 73.5 Å². The Morgan fingerprint density at radius 2 is 0.874 bits per heavy atom. The molecule has 15 heterocycles. The zero-order chi connectivity index (χ0) is 77.3. The second-order valence-corrected chi connectivity index (χ2v) is 29.7. The molecule has 0 radical (unpaired) electrons. The number of hydrogen-bond donors (Lipinski definition) is 8. The number of carbonyl (C=O) groups excluding carboxylic acids is 3. The summed E-state index contributed by atoms with van der Waals surface area (Å²) in [5, 5.41) is 38.2. The highest BCUT2D eigenvalue weighted by molar-refractivity contribution is 6.08. The maximum absolute atomic E-state index is 14.6. The number of aliphatic hydroxyl groups is 2. The third-order valence-corrected chi connectivity index (χ3v) is 22.5. The molecule has 570 valence electrons. The summed E-state index contributed by atoms with van der Waals surface area (Å²) in [7, 11) is 4.31. The van der Waals surface area contributed by atoms with Crippen LogP contribution in [0.25, 0.3) is 50.7 Å². The van der Waals surface area contributed by atoms with Gasteiger partial charge in [-0.1, -0.05) is 18.2 Å². The number of halogens is 5. The Kier molecular flexibility index (Phi) is 19.6. The fourth-order valence-electron chi connectivity index (χ4n) is 15.6. The molecule has 3 amide bonds. The summed E-state index contributed by atoms with van der Waals surface area (Å²) in [4.78, 5) is 73.4. The number of aliphatic hydroxyl groups excluding tert-OH is 2. The number of hydrogen-bond acceptors (Lipinski definition) is 18. The third-order valence-electron chi connectivity index (χ3n) is 22.5. The fourth-order valence-corrected chi connectivity index (χ4v) is 15.6. The average molecular weight is 1510 g/mol. The molecule has 0 spiro atoms. The van der Waals surface area contributed by atoms with Gasteiger partial charge in [0.1, 0.15) is 53.5 Å². The van der Waals surface area contributed by atoms with Gasteiger partial charge in [0.05, 0.1) is 105 Å². The van der Waals surface area contributed by atoms with Gasteiger partial charge in [0.25, 0.3) is 17.7 Å². The number of nitrogens with zero attached hydrogens (tertiary/aromatic N) is 13. The Morgan fingerprint density at radius 1 is 0.477 bits per heavy atom. The molecule has 0 aliphatic carbocycles. The Bertz CT molecular complexity index is 5370. The highest BCUT2D eigenvalue weighted by Gasteiger charge is 2.37. The number of alkyl halides is 2. The van der Waals surface area contributed by atoms with E-state index in [4.69, 9.17) is 4.98 Å². The van der Waals surface area contributed by atoms with E-state index in [2.05, 4.69) is 101 Å². The zero-order valence-corrected chi connectivity index (χ0v) is 61.8. The summed E-state index contributed by atoms with van der Waals surface area (Å²) in [5.41, 5.74) is 15.5. The smallest absolute Gasteiger partial charge is 0.254 e. The van der Waals surface area contributed by atoms with Crippen LogP contribution in [-0.4, -0.2) is 159 Å². The molecule has 1 unspecified atom stereocenters. The third kappa shape index (κ3) is 14.0. The summed E-state index contributed by atoms with van der Waals surface area (Å²) >= 11 is 0. The van der Waals surface area contributed by atoms with Crippen LogP contribution in [0.3, 0.4) is 0 Å². The minimum absolute atomic E-state index is 0.125. The van der Waals surface area contributed by atoms with Gasteiger partial charge in [-0.3, -0.25) is 27.6 Å². The fraction of sp³-hybridized carbons (Fsp3) is 0.305. The van der Waals surface area contributed by atoms with Crippen molar-refractivity contribution >= 4 is 86.2 Å². The van der Waals surface area contributed by atoms with Gasteiger partial charge < -0.3 is 61.7 Å². The van der Waals surface area contributed by atoms with Crippen molar-refractivity contribution in [1.82, 2.24) is 64.0 Å². The topological polar surface area (TPSA) is 267 Å². The van der Waals surface area contributed by atoms with Gasteiger partial charge in [0.2, 0.25) is 0 Å². The van der Waals surface area contributed by atoms with Crippen molar-refractivity contribution in [3.63, 3.8) is 0 Å². The Balaban J connectivity index is 0.000000126. The number of rotatable bonds is 14. The summed E-state index contributed by atoms with van der Waals surface area (Å²) in [6.07, 6.45) is 13.9. The minimum Gasteiger partial charge on any atom is -0.388 e. The first-order valence-electron chi connectivity index (χ1n) is 37.0. The molecule has 5 atom stereocenters. The lowest BCUT2D eigenvalue weighted by atomic mass is 9.80. The van der Waals surface area contributed by atoms with E-state index in [0.29, 0.717) is 118 Å². The van der Waals surface area contributed by atoms with Crippen LogP contribution < -0.4 is 46.6 Å². The molecular formula is C82H82F5N19O5. The van der Waals surface area contributed by atoms with Crippen LogP contribution in [0.2, 0.25) is 0 Å². The molecule has 3 fully saturated rings. The standard InChI is InChI=1S/C30H34FN7O.2C26H24F2N6O2/c1-30(2,36(3)4)19-6-5-12-37(18-19)21-7-10-26(32-15-21)35-24-9-8-22(23-16-34-29(39)28(23)24)25-17-33-27-14-20(31)11-13-38(25)27;2*1-14-6-9-34-20(12-30-25(34)24(14)28)16-3-4-19(23-17(16)11-31-26(23)36)32-22-5-2-15(10-29-22)33-8-7-18(27)21(35)13-33/h7-11,13-15,17,19H,5-6,12,16,18H2,1-4H3,(H,32,35)(H,34,39);2*2-6,9-10,12,18,21,35H,7-8,11,13H2,1H3,(H,29,32)(H,31,36)/t;2*18-,21-/m.10/s1. The number of aromatic nitrogens is 9. The van der Waals surface area contributed by atoms with Gasteiger partial charge >= 0.3 is 0 Å². The first-order chi connectivity index (χ1) is 53.5. The van der Waals surface area contributed by atoms with Gasteiger partial charge in [-0.2, -0.15) is 0 Å². The normalized spacial score (nSPS) is 18.8. The number of benzene rings is 3. The molecule has 12 aromatic rings. The number of fused-ring (bicyclic) bond motifs is 6. The molecule has 24 nitrogen and oxygen atoms in total. The number of nitrogens with one attached hydrogen (secondary N) is 6. The zero-order valence-electron chi connectivity index (χ0n) is 61.8.